The van der Waals surface area contributed by atoms with Crippen LogP contribution >= 0.6 is 0 Å². The second-order valence-corrected chi connectivity index (χ2v) is 4.24. The molecule has 0 aliphatic heterocycles. The van der Waals surface area contributed by atoms with E-state index in [1.165, 1.54) is 6.26 Å². The summed E-state index contributed by atoms with van der Waals surface area (Å²) in [5.41, 5.74) is 1.47. The van der Waals surface area contributed by atoms with Crippen LogP contribution in [0.4, 0.5) is 0 Å². The van der Waals surface area contributed by atoms with E-state index in [0.717, 1.165) is 11.3 Å². The Morgan fingerprint density at radius 3 is 2.47 bits per heavy atom. The van der Waals surface area contributed by atoms with E-state index in [0.29, 0.717) is 23.5 Å². The van der Waals surface area contributed by atoms with Crippen LogP contribution in [0, 0.1) is 6.92 Å². The number of aryl methyl sites for hydroxylation is 1. The molecule has 100 valence electrons. The predicted octanol–water partition coefficient (Wildman–Crippen LogP) is 3.03. The van der Waals surface area contributed by atoms with Gasteiger partial charge < -0.3 is 13.9 Å². The van der Waals surface area contributed by atoms with E-state index in [9.17, 15) is 4.79 Å². The smallest absolute Gasteiger partial charge is 0.170 e. The molecule has 0 saturated carbocycles. The van der Waals surface area contributed by atoms with Crippen LogP contribution in [0.1, 0.15) is 21.7 Å². The summed E-state index contributed by atoms with van der Waals surface area (Å²) < 4.78 is 15.5. The highest BCUT2D eigenvalue weighted by atomic mass is 16.5. The van der Waals surface area contributed by atoms with Crippen molar-refractivity contribution in [1.82, 2.24) is 0 Å². The van der Waals surface area contributed by atoms with Crippen molar-refractivity contribution in [2.45, 2.75) is 13.3 Å². The summed E-state index contributed by atoms with van der Waals surface area (Å²) >= 11 is 0. The zero-order valence-corrected chi connectivity index (χ0v) is 11.2. The van der Waals surface area contributed by atoms with E-state index in [-0.39, 0.29) is 5.78 Å². The summed E-state index contributed by atoms with van der Waals surface area (Å²) in [6, 6.07) is 7.20. The first-order chi connectivity index (χ1) is 9.13. The Labute approximate surface area is 111 Å². The Morgan fingerprint density at radius 2 is 1.89 bits per heavy atom. The summed E-state index contributed by atoms with van der Waals surface area (Å²) in [5.74, 6) is 2.02. The van der Waals surface area contributed by atoms with Crippen LogP contribution in [0.15, 0.2) is 34.9 Å². The molecule has 4 heteroatoms. The summed E-state index contributed by atoms with van der Waals surface area (Å²) in [5, 5.41) is 0. The molecular formula is C15H16O4. The molecule has 0 aliphatic rings. The molecule has 19 heavy (non-hydrogen) atoms. The van der Waals surface area contributed by atoms with Gasteiger partial charge in [-0.3, -0.25) is 4.79 Å². The van der Waals surface area contributed by atoms with Gasteiger partial charge in [0.15, 0.2) is 17.3 Å². The molecule has 0 saturated heterocycles. The highest BCUT2D eigenvalue weighted by Gasteiger charge is 2.12. The monoisotopic (exact) mass is 260 g/mol. The van der Waals surface area contributed by atoms with Gasteiger partial charge in [-0.2, -0.15) is 0 Å². The van der Waals surface area contributed by atoms with Gasteiger partial charge in [0, 0.05) is 6.42 Å². The van der Waals surface area contributed by atoms with Gasteiger partial charge in [-0.15, -0.1) is 0 Å². The maximum atomic E-state index is 12.0. The number of ether oxygens (including phenoxy) is 2. The van der Waals surface area contributed by atoms with E-state index >= 15 is 0 Å². The second kappa shape index (κ2) is 5.61. The molecule has 4 nitrogen and oxygen atoms in total. The molecule has 0 bridgehead atoms. The molecule has 1 aromatic carbocycles. The van der Waals surface area contributed by atoms with Gasteiger partial charge in [-0.1, -0.05) is 6.07 Å². The zero-order chi connectivity index (χ0) is 13.8. The van der Waals surface area contributed by atoms with Crippen LogP contribution in [0.3, 0.4) is 0 Å². The third kappa shape index (κ3) is 2.96. The van der Waals surface area contributed by atoms with Gasteiger partial charge in [-0.05, 0) is 30.7 Å². The fourth-order valence-corrected chi connectivity index (χ4v) is 1.87. The third-order valence-corrected chi connectivity index (χ3v) is 2.87. The number of hydrogen-bond acceptors (Lipinski definition) is 4. The fraction of sp³-hybridized carbons (Fsp3) is 0.267. The second-order valence-electron chi connectivity index (χ2n) is 4.24. The third-order valence-electron chi connectivity index (χ3n) is 2.87. The van der Waals surface area contributed by atoms with Gasteiger partial charge in [0.2, 0.25) is 0 Å². The normalized spacial score (nSPS) is 10.3. The topological polar surface area (TPSA) is 48.7 Å². The lowest BCUT2D eigenvalue weighted by Gasteiger charge is -2.08. The number of ketones is 1. The molecular weight excluding hydrogens is 244 g/mol. The van der Waals surface area contributed by atoms with Crippen LogP contribution in [-0.4, -0.2) is 20.0 Å². The molecule has 0 atom stereocenters. The van der Waals surface area contributed by atoms with Crippen LogP contribution in [0.25, 0.3) is 0 Å². The average Bonchev–Trinajstić information content (AvgIpc) is 2.85. The Kier molecular flexibility index (Phi) is 3.90. The first-order valence-electron chi connectivity index (χ1n) is 5.93. The van der Waals surface area contributed by atoms with Gasteiger partial charge in [0.25, 0.3) is 0 Å². The Balaban J connectivity index is 2.17. The predicted molar refractivity (Wildman–Crippen MR) is 71.0 cm³/mol. The van der Waals surface area contributed by atoms with Crippen LogP contribution in [0.5, 0.6) is 11.5 Å². The van der Waals surface area contributed by atoms with Crippen molar-refractivity contribution in [3.05, 3.63) is 47.4 Å². The van der Waals surface area contributed by atoms with Crippen molar-refractivity contribution in [2.75, 3.05) is 14.2 Å². The van der Waals surface area contributed by atoms with Crippen molar-refractivity contribution >= 4 is 5.78 Å². The molecule has 2 aromatic rings. The number of carbonyl (C=O) groups excluding carboxylic acids is 1. The number of furan rings is 1. The van der Waals surface area contributed by atoms with Crippen LogP contribution < -0.4 is 9.47 Å². The van der Waals surface area contributed by atoms with E-state index < -0.39 is 0 Å². The van der Waals surface area contributed by atoms with Crippen molar-refractivity contribution < 1.29 is 18.7 Å². The minimum absolute atomic E-state index is 0.0177. The van der Waals surface area contributed by atoms with Crippen LogP contribution in [-0.2, 0) is 6.42 Å². The molecule has 0 N–H and O–H groups in total. The number of Topliss-reactive ketones (excluding diaryl/α,β-unsaturated/α-hetero) is 1. The number of benzene rings is 1. The molecule has 0 unspecified atom stereocenters. The summed E-state index contributed by atoms with van der Waals surface area (Å²) in [7, 11) is 3.15. The number of methoxy groups -OCH3 is 2. The fourth-order valence-electron chi connectivity index (χ4n) is 1.87. The maximum absolute atomic E-state index is 12.0. The van der Waals surface area contributed by atoms with E-state index in [1.54, 1.807) is 26.4 Å². The minimum atomic E-state index is 0.0177. The van der Waals surface area contributed by atoms with Crippen molar-refractivity contribution in [3.8, 4) is 11.5 Å². The molecule has 1 aromatic heterocycles. The Bertz CT molecular complexity index is 584. The minimum Gasteiger partial charge on any atom is -0.493 e. The van der Waals surface area contributed by atoms with E-state index in [4.69, 9.17) is 13.9 Å². The Hall–Kier alpha value is -2.23. The largest absolute Gasteiger partial charge is 0.493 e. The van der Waals surface area contributed by atoms with E-state index in [1.807, 2.05) is 19.1 Å². The molecule has 2 rings (SSSR count). The molecule has 0 fully saturated rings. The summed E-state index contributed by atoms with van der Waals surface area (Å²) in [6.45, 7) is 1.81. The number of carbonyl (C=O) groups is 1. The molecule has 0 aliphatic carbocycles. The van der Waals surface area contributed by atoms with Gasteiger partial charge in [-0.25, -0.2) is 0 Å². The maximum Gasteiger partial charge on any atom is 0.170 e. The summed E-state index contributed by atoms with van der Waals surface area (Å²) in [4.78, 5) is 12.0. The number of rotatable bonds is 5. The van der Waals surface area contributed by atoms with Gasteiger partial charge >= 0.3 is 0 Å². The summed E-state index contributed by atoms with van der Waals surface area (Å²) in [6.07, 6.45) is 1.79. The SMILES string of the molecule is COc1ccc(CC(=O)c2coc(C)c2)cc1OC. The zero-order valence-electron chi connectivity index (χ0n) is 11.2. The lowest BCUT2D eigenvalue weighted by atomic mass is 10.0. The van der Waals surface area contributed by atoms with Gasteiger partial charge in [0.05, 0.1) is 19.8 Å². The molecule has 0 radical (unpaired) electrons. The van der Waals surface area contributed by atoms with Crippen molar-refractivity contribution in [2.24, 2.45) is 0 Å². The number of hydrogen-bond donors (Lipinski definition) is 0. The molecule has 0 spiro atoms. The highest BCUT2D eigenvalue weighted by Crippen LogP contribution is 2.28. The Morgan fingerprint density at radius 1 is 1.16 bits per heavy atom. The van der Waals surface area contributed by atoms with Crippen molar-refractivity contribution in [1.29, 1.82) is 0 Å². The first-order valence-corrected chi connectivity index (χ1v) is 5.93. The average molecular weight is 260 g/mol. The molecule has 0 amide bonds. The quantitative estimate of drug-likeness (QED) is 0.775. The lowest BCUT2D eigenvalue weighted by molar-refractivity contribution is 0.0992. The van der Waals surface area contributed by atoms with Crippen molar-refractivity contribution in [3.63, 3.8) is 0 Å². The standard InChI is InChI=1S/C15H16O4/c1-10-6-12(9-19-10)13(16)7-11-4-5-14(17-2)15(8-11)18-3/h4-6,8-9H,7H2,1-3H3. The lowest BCUT2D eigenvalue weighted by Crippen LogP contribution is -2.02. The highest BCUT2D eigenvalue weighted by molar-refractivity contribution is 5.97. The van der Waals surface area contributed by atoms with Crippen LogP contribution in [0.2, 0.25) is 0 Å². The van der Waals surface area contributed by atoms with E-state index in [2.05, 4.69) is 0 Å². The first kappa shape index (κ1) is 13.2. The van der Waals surface area contributed by atoms with Gasteiger partial charge in [0.1, 0.15) is 12.0 Å². The molecule has 1 heterocycles.